The number of hydrogen-bond acceptors (Lipinski definition) is 3. The Balaban J connectivity index is 1.54. The van der Waals surface area contributed by atoms with E-state index in [0.29, 0.717) is 11.4 Å². The molecule has 4 rings (SSSR count). The number of anilines is 1. The number of nitrogens with zero attached hydrogens (tertiary/aromatic N) is 2. The second-order valence-corrected chi connectivity index (χ2v) is 7.76. The molecule has 1 saturated heterocycles. The molecule has 0 unspecified atom stereocenters. The third-order valence-corrected chi connectivity index (χ3v) is 5.64. The van der Waals surface area contributed by atoms with Gasteiger partial charge in [-0.3, -0.25) is 14.7 Å². The van der Waals surface area contributed by atoms with Gasteiger partial charge in [-0.25, -0.2) is 0 Å². The zero-order chi connectivity index (χ0) is 19.9. The van der Waals surface area contributed by atoms with E-state index in [4.69, 9.17) is 4.99 Å². The van der Waals surface area contributed by atoms with E-state index in [-0.39, 0.29) is 5.91 Å². The van der Waals surface area contributed by atoms with Gasteiger partial charge in [-0.05, 0) is 53.9 Å². The van der Waals surface area contributed by atoms with Crippen molar-refractivity contribution in [1.82, 2.24) is 0 Å². The lowest BCUT2D eigenvalue weighted by Crippen LogP contribution is -2.29. The Morgan fingerprint density at radius 3 is 2.14 bits per heavy atom. The molecule has 0 aliphatic carbocycles. The molecule has 4 heteroatoms. The van der Waals surface area contributed by atoms with Gasteiger partial charge in [0.25, 0.3) is 5.91 Å². The monoisotopic (exact) mass is 398 g/mol. The number of benzene rings is 3. The van der Waals surface area contributed by atoms with E-state index in [1.807, 2.05) is 72.8 Å². The summed E-state index contributed by atoms with van der Waals surface area (Å²) in [4.78, 5) is 20.3. The minimum Gasteiger partial charge on any atom is -0.268 e. The summed E-state index contributed by atoms with van der Waals surface area (Å²) in [6.07, 6.45) is 3.87. The maximum Gasteiger partial charge on any atom is 0.271 e. The summed E-state index contributed by atoms with van der Waals surface area (Å²) < 4.78 is 0. The maximum atomic E-state index is 13.1. The number of aryl methyl sites for hydroxylation is 1. The number of rotatable bonds is 6. The number of carbonyl (C=O) groups is 1. The minimum atomic E-state index is -0.0214. The Hall–Kier alpha value is -3.11. The number of para-hydroxylation sites is 1. The van der Waals surface area contributed by atoms with Gasteiger partial charge in [0, 0.05) is 6.54 Å². The molecule has 1 aliphatic heterocycles. The molecule has 0 spiro atoms. The van der Waals surface area contributed by atoms with Gasteiger partial charge in [-0.2, -0.15) is 0 Å². The molecule has 1 fully saturated rings. The third kappa shape index (κ3) is 4.84. The molecule has 0 atom stereocenters. The quantitative estimate of drug-likeness (QED) is 0.388. The van der Waals surface area contributed by atoms with Crippen molar-refractivity contribution in [3.05, 3.63) is 107 Å². The summed E-state index contributed by atoms with van der Waals surface area (Å²) in [7, 11) is 0. The van der Waals surface area contributed by atoms with Crippen molar-refractivity contribution in [2.24, 2.45) is 4.99 Å². The maximum absolute atomic E-state index is 13.1. The number of amides is 1. The summed E-state index contributed by atoms with van der Waals surface area (Å²) >= 11 is 1.45. The first-order chi connectivity index (χ1) is 14.3. The highest BCUT2D eigenvalue weighted by atomic mass is 32.2. The van der Waals surface area contributed by atoms with Crippen LogP contribution in [-0.2, 0) is 11.2 Å². The van der Waals surface area contributed by atoms with Crippen molar-refractivity contribution < 1.29 is 4.79 Å². The average molecular weight is 399 g/mol. The van der Waals surface area contributed by atoms with E-state index in [9.17, 15) is 4.79 Å². The zero-order valence-corrected chi connectivity index (χ0v) is 16.9. The Kier molecular flexibility index (Phi) is 6.22. The highest BCUT2D eigenvalue weighted by Crippen LogP contribution is 2.35. The minimum absolute atomic E-state index is 0.0214. The number of amidine groups is 1. The normalized spacial score (nSPS) is 16.7. The van der Waals surface area contributed by atoms with Gasteiger partial charge < -0.3 is 0 Å². The van der Waals surface area contributed by atoms with Gasteiger partial charge in [0.2, 0.25) is 0 Å². The molecule has 144 valence electrons. The molecule has 1 heterocycles. The van der Waals surface area contributed by atoms with Gasteiger partial charge >= 0.3 is 0 Å². The fraction of sp³-hybridized carbons (Fsp3) is 0.120. The van der Waals surface area contributed by atoms with Crippen molar-refractivity contribution in [3.63, 3.8) is 0 Å². The van der Waals surface area contributed by atoms with Crippen molar-refractivity contribution >= 4 is 34.6 Å². The lowest BCUT2D eigenvalue weighted by atomic mass is 10.1. The molecule has 0 radical (unpaired) electrons. The van der Waals surface area contributed by atoms with Crippen molar-refractivity contribution in [1.29, 1.82) is 0 Å². The van der Waals surface area contributed by atoms with Gasteiger partial charge in [-0.1, -0.05) is 78.9 Å². The Morgan fingerprint density at radius 1 is 0.828 bits per heavy atom. The van der Waals surface area contributed by atoms with Crippen molar-refractivity contribution in [2.75, 3.05) is 11.4 Å². The first-order valence-corrected chi connectivity index (χ1v) is 10.6. The molecular formula is C25H22N2OS. The van der Waals surface area contributed by atoms with Crippen molar-refractivity contribution in [2.45, 2.75) is 12.8 Å². The summed E-state index contributed by atoms with van der Waals surface area (Å²) in [5.41, 5.74) is 3.18. The fourth-order valence-corrected chi connectivity index (χ4v) is 4.19. The van der Waals surface area contributed by atoms with Crippen LogP contribution in [0.5, 0.6) is 0 Å². The Morgan fingerprint density at radius 2 is 1.45 bits per heavy atom. The molecule has 3 aromatic carbocycles. The van der Waals surface area contributed by atoms with Gasteiger partial charge in [-0.15, -0.1) is 0 Å². The molecule has 29 heavy (non-hydrogen) atoms. The molecule has 0 saturated carbocycles. The zero-order valence-electron chi connectivity index (χ0n) is 16.1. The summed E-state index contributed by atoms with van der Waals surface area (Å²) in [5.74, 6) is -0.0214. The SMILES string of the molecule is O=C1C(=Cc2ccccc2)SC(=NCCCc2ccccc2)N1c1ccccc1. The summed E-state index contributed by atoms with van der Waals surface area (Å²) in [6.45, 7) is 0.687. The smallest absolute Gasteiger partial charge is 0.268 e. The Labute approximate surface area is 175 Å². The molecule has 3 aromatic rings. The molecule has 0 bridgehead atoms. The van der Waals surface area contributed by atoms with E-state index in [0.717, 1.165) is 29.3 Å². The highest BCUT2D eigenvalue weighted by Gasteiger charge is 2.34. The van der Waals surface area contributed by atoms with Crippen LogP contribution in [0.25, 0.3) is 6.08 Å². The summed E-state index contributed by atoms with van der Waals surface area (Å²) in [5, 5.41) is 0.747. The van der Waals surface area contributed by atoms with Crippen LogP contribution >= 0.6 is 11.8 Å². The molecule has 0 aromatic heterocycles. The molecular weight excluding hydrogens is 376 g/mol. The second kappa shape index (κ2) is 9.39. The predicted molar refractivity (Wildman–Crippen MR) is 123 cm³/mol. The lowest BCUT2D eigenvalue weighted by Gasteiger charge is -2.15. The average Bonchev–Trinajstić information content (AvgIpc) is 3.08. The van der Waals surface area contributed by atoms with Gasteiger partial charge in [0.15, 0.2) is 5.17 Å². The van der Waals surface area contributed by atoms with Crippen molar-refractivity contribution in [3.8, 4) is 0 Å². The first kappa shape index (κ1) is 19.2. The predicted octanol–water partition coefficient (Wildman–Crippen LogP) is 5.80. The van der Waals surface area contributed by atoms with E-state index < -0.39 is 0 Å². The van der Waals surface area contributed by atoms with Crippen LogP contribution in [0.3, 0.4) is 0 Å². The standard InChI is InChI=1S/C25H22N2OS/c28-24-23(19-21-13-6-2-7-14-21)29-25(27(24)22-16-8-3-9-17-22)26-18-10-15-20-11-4-1-5-12-20/h1-9,11-14,16-17,19H,10,15,18H2. The van der Waals surface area contributed by atoms with Crippen LogP contribution in [-0.4, -0.2) is 17.6 Å². The van der Waals surface area contributed by atoms with Crippen LogP contribution in [0, 0.1) is 0 Å². The molecule has 0 N–H and O–H groups in total. The Bertz CT molecular complexity index is 1010. The van der Waals surface area contributed by atoms with E-state index in [1.165, 1.54) is 17.3 Å². The first-order valence-electron chi connectivity index (χ1n) is 9.74. The van der Waals surface area contributed by atoms with Gasteiger partial charge in [0.1, 0.15) is 0 Å². The highest BCUT2D eigenvalue weighted by molar-refractivity contribution is 8.19. The largest absolute Gasteiger partial charge is 0.271 e. The fourth-order valence-electron chi connectivity index (χ4n) is 3.19. The molecule has 1 aliphatic rings. The van der Waals surface area contributed by atoms with Crippen LogP contribution in [0.15, 0.2) is 101 Å². The number of aliphatic imine (C=N–C) groups is 1. The number of thioether (sulfide) groups is 1. The molecule has 1 amide bonds. The molecule has 3 nitrogen and oxygen atoms in total. The van der Waals surface area contributed by atoms with E-state index in [2.05, 4.69) is 24.3 Å². The van der Waals surface area contributed by atoms with Crippen LogP contribution in [0.2, 0.25) is 0 Å². The third-order valence-electron chi connectivity index (χ3n) is 4.63. The van der Waals surface area contributed by atoms with E-state index in [1.54, 1.807) is 4.90 Å². The topological polar surface area (TPSA) is 32.7 Å². The van der Waals surface area contributed by atoms with Crippen LogP contribution in [0.1, 0.15) is 17.5 Å². The lowest BCUT2D eigenvalue weighted by molar-refractivity contribution is -0.113. The van der Waals surface area contributed by atoms with E-state index >= 15 is 0 Å². The second-order valence-electron chi connectivity index (χ2n) is 6.75. The number of hydrogen-bond donors (Lipinski definition) is 0. The van der Waals surface area contributed by atoms with Gasteiger partial charge in [0.05, 0.1) is 10.6 Å². The number of carbonyl (C=O) groups excluding carboxylic acids is 1. The summed E-state index contributed by atoms with van der Waals surface area (Å²) in [6, 6.07) is 30.1. The van der Waals surface area contributed by atoms with Crippen LogP contribution in [0.4, 0.5) is 5.69 Å². The van der Waals surface area contributed by atoms with Crippen LogP contribution < -0.4 is 4.90 Å².